The van der Waals surface area contributed by atoms with E-state index in [4.69, 9.17) is 10.5 Å². The van der Waals surface area contributed by atoms with Crippen molar-refractivity contribution in [2.24, 2.45) is 5.73 Å². The second kappa shape index (κ2) is 6.04. The van der Waals surface area contributed by atoms with Gasteiger partial charge in [0.05, 0.1) is 7.11 Å². The fourth-order valence-electron chi connectivity index (χ4n) is 1.42. The van der Waals surface area contributed by atoms with Crippen molar-refractivity contribution in [1.82, 2.24) is 0 Å². The topological polar surface area (TPSA) is 35.2 Å². The predicted octanol–water partition coefficient (Wildman–Crippen LogP) is 2.74. The largest absolute Gasteiger partial charge is 0.496 e. The highest BCUT2D eigenvalue weighted by atomic mass is 79.9. The third-order valence-corrected chi connectivity index (χ3v) is 2.92. The summed E-state index contributed by atoms with van der Waals surface area (Å²) in [5.41, 5.74) is 6.70. The molecule has 2 N–H and O–H groups in total. The molecule has 0 amide bonds. The molecule has 1 aromatic rings. The average molecular weight is 258 g/mol. The van der Waals surface area contributed by atoms with Gasteiger partial charge in [0, 0.05) is 10.0 Å². The van der Waals surface area contributed by atoms with Crippen molar-refractivity contribution < 1.29 is 4.74 Å². The van der Waals surface area contributed by atoms with Crippen molar-refractivity contribution in [3.05, 3.63) is 28.2 Å². The number of nitrogens with two attached hydrogens (primary N) is 1. The van der Waals surface area contributed by atoms with Crippen molar-refractivity contribution in [3.8, 4) is 5.75 Å². The van der Waals surface area contributed by atoms with Gasteiger partial charge in [0.15, 0.2) is 0 Å². The molecule has 0 aliphatic rings. The van der Waals surface area contributed by atoms with E-state index in [1.54, 1.807) is 7.11 Å². The zero-order valence-corrected chi connectivity index (χ0v) is 10.0. The van der Waals surface area contributed by atoms with Gasteiger partial charge >= 0.3 is 0 Å². The van der Waals surface area contributed by atoms with Crippen LogP contribution >= 0.6 is 15.9 Å². The van der Waals surface area contributed by atoms with Gasteiger partial charge in [-0.25, -0.2) is 0 Å². The molecule has 0 spiro atoms. The summed E-state index contributed by atoms with van der Waals surface area (Å²) in [6.45, 7) is 0.757. The standard InChI is InChI=1S/C11H16BrNO/c1-14-11-7-4-6-10(12)9(11)5-2-3-8-13/h4,6-7H,2-3,5,8,13H2,1H3. The summed E-state index contributed by atoms with van der Waals surface area (Å²) in [4.78, 5) is 0. The summed E-state index contributed by atoms with van der Waals surface area (Å²) < 4.78 is 6.41. The van der Waals surface area contributed by atoms with E-state index < -0.39 is 0 Å². The first-order chi connectivity index (χ1) is 6.79. The van der Waals surface area contributed by atoms with Crippen molar-refractivity contribution >= 4 is 15.9 Å². The molecule has 2 nitrogen and oxygen atoms in total. The second-order valence-electron chi connectivity index (χ2n) is 3.17. The number of rotatable bonds is 5. The molecule has 14 heavy (non-hydrogen) atoms. The van der Waals surface area contributed by atoms with Crippen LogP contribution in [0.3, 0.4) is 0 Å². The molecule has 0 fully saturated rings. The molecular formula is C11H16BrNO. The zero-order valence-electron chi connectivity index (χ0n) is 8.42. The van der Waals surface area contributed by atoms with Crippen molar-refractivity contribution in [1.29, 1.82) is 0 Å². The molecule has 0 heterocycles. The summed E-state index contributed by atoms with van der Waals surface area (Å²) in [6.07, 6.45) is 3.18. The van der Waals surface area contributed by atoms with Gasteiger partial charge in [0.1, 0.15) is 5.75 Å². The normalized spacial score (nSPS) is 10.2. The molecule has 0 unspecified atom stereocenters. The number of ether oxygens (including phenoxy) is 1. The van der Waals surface area contributed by atoms with E-state index in [9.17, 15) is 0 Å². The van der Waals surface area contributed by atoms with Gasteiger partial charge in [0.25, 0.3) is 0 Å². The Morgan fingerprint density at radius 1 is 1.36 bits per heavy atom. The third kappa shape index (κ3) is 3.00. The summed E-state index contributed by atoms with van der Waals surface area (Å²) in [5.74, 6) is 0.955. The lowest BCUT2D eigenvalue weighted by Crippen LogP contribution is -2.00. The molecule has 0 saturated carbocycles. The van der Waals surface area contributed by atoms with Crippen LogP contribution in [0.4, 0.5) is 0 Å². The van der Waals surface area contributed by atoms with E-state index in [0.717, 1.165) is 36.0 Å². The molecule has 0 atom stereocenters. The second-order valence-corrected chi connectivity index (χ2v) is 4.02. The molecule has 0 aromatic heterocycles. The Morgan fingerprint density at radius 2 is 2.14 bits per heavy atom. The first-order valence-corrected chi connectivity index (χ1v) is 5.60. The summed E-state index contributed by atoms with van der Waals surface area (Å²) in [5, 5.41) is 0. The maximum atomic E-state index is 5.46. The average Bonchev–Trinajstić information content (AvgIpc) is 2.20. The predicted molar refractivity (Wildman–Crippen MR) is 62.7 cm³/mol. The Bertz CT molecular complexity index is 289. The fraction of sp³-hybridized carbons (Fsp3) is 0.455. The van der Waals surface area contributed by atoms with E-state index in [0.29, 0.717) is 0 Å². The molecule has 0 aliphatic carbocycles. The summed E-state index contributed by atoms with van der Waals surface area (Å²) in [7, 11) is 1.70. The smallest absolute Gasteiger partial charge is 0.123 e. The zero-order chi connectivity index (χ0) is 10.4. The molecule has 78 valence electrons. The van der Waals surface area contributed by atoms with E-state index in [1.165, 1.54) is 5.56 Å². The molecular weight excluding hydrogens is 242 g/mol. The van der Waals surface area contributed by atoms with Gasteiger partial charge in [-0.05, 0) is 37.9 Å². The summed E-state index contributed by atoms with van der Waals surface area (Å²) in [6, 6.07) is 6.01. The first-order valence-electron chi connectivity index (χ1n) is 4.81. The van der Waals surface area contributed by atoms with E-state index in [1.807, 2.05) is 18.2 Å². The highest BCUT2D eigenvalue weighted by Crippen LogP contribution is 2.27. The number of methoxy groups -OCH3 is 1. The Labute approximate surface area is 93.6 Å². The quantitative estimate of drug-likeness (QED) is 0.824. The molecule has 3 heteroatoms. The van der Waals surface area contributed by atoms with E-state index in [2.05, 4.69) is 15.9 Å². The highest BCUT2D eigenvalue weighted by Gasteiger charge is 2.05. The van der Waals surface area contributed by atoms with Gasteiger partial charge in [-0.1, -0.05) is 22.0 Å². The summed E-state index contributed by atoms with van der Waals surface area (Å²) >= 11 is 3.53. The third-order valence-electron chi connectivity index (χ3n) is 2.18. The maximum Gasteiger partial charge on any atom is 0.123 e. The minimum atomic E-state index is 0.757. The number of halogens is 1. The molecule has 0 saturated heterocycles. The lowest BCUT2D eigenvalue weighted by Gasteiger charge is -2.09. The van der Waals surface area contributed by atoms with Crippen LogP contribution in [0.1, 0.15) is 18.4 Å². The van der Waals surface area contributed by atoms with Gasteiger partial charge in [-0.2, -0.15) is 0 Å². The van der Waals surface area contributed by atoms with Gasteiger partial charge in [-0.15, -0.1) is 0 Å². The van der Waals surface area contributed by atoms with Crippen LogP contribution in [0, 0.1) is 0 Å². The molecule has 1 rings (SSSR count). The fourth-order valence-corrected chi connectivity index (χ4v) is 1.97. The van der Waals surface area contributed by atoms with Crippen molar-refractivity contribution in [2.45, 2.75) is 19.3 Å². The van der Waals surface area contributed by atoms with Gasteiger partial charge in [-0.3, -0.25) is 0 Å². The van der Waals surface area contributed by atoms with Crippen LogP contribution in [0.15, 0.2) is 22.7 Å². The monoisotopic (exact) mass is 257 g/mol. The minimum Gasteiger partial charge on any atom is -0.496 e. The first kappa shape index (κ1) is 11.5. The Kier molecular flexibility index (Phi) is 4.98. The van der Waals surface area contributed by atoms with Crippen LogP contribution in [0.2, 0.25) is 0 Å². The van der Waals surface area contributed by atoms with Crippen LogP contribution < -0.4 is 10.5 Å². The van der Waals surface area contributed by atoms with E-state index >= 15 is 0 Å². The number of unbranched alkanes of at least 4 members (excludes halogenated alkanes) is 1. The van der Waals surface area contributed by atoms with Crippen molar-refractivity contribution in [3.63, 3.8) is 0 Å². The number of benzene rings is 1. The SMILES string of the molecule is COc1cccc(Br)c1CCCCN. The van der Waals surface area contributed by atoms with Crippen molar-refractivity contribution in [2.75, 3.05) is 13.7 Å². The number of hydrogen-bond donors (Lipinski definition) is 1. The Morgan fingerprint density at radius 3 is 2.79 bits per heavy atom. The van der Waals surface area contributed by atoms with E-state index in [-0.39, 0.29) is 0 Å². The minimum absolute atomic E-state index is 0.757. The molecule has 0 radical (unpaired) electrons. The lowest BCUT2D eigenvalue weighted by molar-refractivity contribution is 0.408. The van der Waals surface area contributed by atoms with Crippen LogP contribution in [-0.4, -0.2) is 13.7 Å². The molecule has 0 aliphatic heterocycles. The Hall–Kier alpha value is -0.540. The van der Waals surface area contributed by atoms with Crippen LogP contribution in [0.5, 0.6) is 5.75 Å². The Balaban J connectivity index is 2.72. The van der Waals surface area contributed by atoms with Crippen LogP contribution in [-0.2, 0) is 6.42 Å². The lowest BCUT2D eigenvalue weighted by atomic mass is 10.1. The van der Waals surface area contributed by atoms with Gasteiger partial charge < -0.3 is 10.5 Å². The molecule has 0 bridgehead atoms. The molecule has 1 aromatic carbocycles. The van der Waals surface area contributed by atoms with Gasteiger partial charge in [0.2, 0.25) is 0 Å². The maximum absolute atomic E-state index is 5.46. The van der Waals surface area contributed by atoms with Crippen LogP contribution in [0.25, 0.3) is 0 Å². The highest BCUT2D eigenvalue weighted by molar-refractivity contribution is 9.10. The number of hydrogen-bond acceptors (Lipinski definition) is 2.